The van der Waals surface area contributed by atoms with E-state index in [0.717, 1.165) is 12.8 Å². The summed E-state index contributed by atoms with van der Waals surface area (Å²) in [6, 6.07) is 15.2. The zero-order valence-electron chi connectivity index (χ0n) is 25.6. The molecule has 0 bridgehead atoms. The summed E-state index contributed by atoms with van der Waals surface area (Å²) in [4.78, 5) is 0. The van der Waals surface area contributed by atoms with Crippen LogP contribution < -0.4 is 0 Å². The summed E-state index contributed by atoms with van der Waals surface area (Å²) in [6.45, 7) is 31.1. The van der Waals surface area contributed by atoms with E-state index in [2.05, 4.69) is 132 Å². The third-order valence-corrected chi connectivity index (χ3v) is 5.05. The zero-order valence-corrected chi connectivity index (χ0v) is 31.1. The summed E-state index contributed by atoms with van der Waals surface area (Å²) >= 11 is 1.58. The van der Waals surface area contributed by atoms with Gasteiger partial charge in [-0.3, -0.25) is 6.08 Å². The van der Waals surface area contributed by atoms with Crippen molar-refractivity contribution >= 4 is 31.7 Å². The van der Waals surface area contributed by atoms with Gasteiger partial charge in [-0.25, -0.2) is 12.2 Å². The van der Waals surface area contributed by atoms with E-state index in [9.17, 15) is 0 Å². The Hall–Kier alpha value is -0.400. The Morgan fingerprint density at radius 2 is 1.32 bits per heavy atom. The normalized spacial score (nSPS) is 12.0. The zero-order chi connectivity index (χ0) is 28.1. The fourth-order valence-corrected chi connectivity index (χ4v) is 3.37. The number of benzene rings is 2. The van der Waals surface area contributed by atoms with Crippen LogP contribution in [-0.4, -0.2) is 6.88 Å². The average molecular weight is 651 g/mol. The molecular weight excluding hydrogens is 599 g/mol. The number of hydrogen-bond acceptors (Lipinski definition) is 0. The van der Waals surface area contributed by atoms with E-state index in [1.54, 1.807) is 23.3 Å². The molecule has 0 fully saturated rings. The van der Waals surface area contributed by atoms with Crippen LogP contribution in [0.5, 0.6) is 0 Å². The van der Waals surface area contributed by atoms with Crippen LogP contribution in [-0.2, 0) is 40.6 Å². The number of hydrogen-bond donors (Lipinski definition) is 0. The van der Waals surface area contributed by atoms with Crippen molar-refractivity contribution in [2.75, 3.05) is 0 Å². The van der Waals surface area contributed by atoms with E-state index < -0.39 is 0 Å². The minimum absolute atomic E-state index is 0. The van der Waals surface area contributed by atoms with Crippen LogP contribution in [0.4, 0.5) is 0 Å². The van der Waals surface area contributed by atoms with Crippen molar-refractivity contribution in [3.63, 3.8) is 0 Å². The molecule has 0 saturated carbocycles. The molecule has 214 valence electrons. The van der Waals surface area contributed by atoms with Crippen molar-refractivity contribution in [1.82, 2.24) is 0 Å². The van der Waals surface area contributed by atoms with Crippen LogP contribution in [0.15, 0.2) is 48.6 Å². The van der Waals surface area contributed by atoms with Crippen LogP contribution in [0.3, 0.4) is 0 Å². The van der Waals surface area contributed by atoms with Crippen LogP contribution >= 0.6 is 24.8 Å². The molecule has 0 heterocycles. The molecule has 4 heteroatoms. The average Bonchev–Trinajstić information content (AvgIpc) is 3.44. The topological polar surface area (TPSA) is 0 Å². The van der Waals surface area contributed by atoms with Crippen molar-refractivity contribution in [3.8, 4) is 11.1 Å². The van der Waals surface area contributed by atoms with E-state index >= 15 is 0 Å². The Labute approximate surface area is 266 Å². The SMILES string of the molecule is CC(C)(C)c1[c-]c2c(cc1)-c1ccc(C(C)(C)C)cc1C2.Cl.Cl.[C-]1=CC=CC1.[CH2-]C(C)C.[CH2-]C(C)C.[SiH2]=[Zr]. The maximum absolute atomic E-state index is 3.67. The standard InChI is InChI=1S/C21H25.C5H5.2C4H9.2ClH.H2Si.Zr/c1-20(2,3)16-7-9-18-14(12-16)11-15-13-17(21(4,5)6)8-10-19(15)18;1-2-4-5-3-1;2*1-4(2)3;;;;/h7-10,12H,11H2,1-6H3;1-3H,4H2;2*4H,1H2,2-3H3;2*1H;1H2;/q4*-1;;;;. The van der Waals surface area contributed by atoms with Gasteiger partial charge in [-0.2, -0.15) is 41.7 Å². The van der Waals surface area contributed by atoms with Gasteiger partial charge in [0.05, 0.1) is 0 Å². The van der Waals surface area contributed by atoms with Crippen molar-refractivity contribution in [1.29, 1.82) is 0 Å². The molecule has 0 N–H and O–H groups in total. The molecule has 0 spiro atoms. The fourth-order valence-electron chi connectivity index (χ4n) is 3.37. The molecule has 2 aromatic rings. The summed E-state index contributed by atoms with van der Waals surface area (Å²) in [5, 5.41) is 0. The molecule has 38 heavy (non-hydrogen) atoms. The van der Waals surface area contributed by atoms with Crippen molar-refractivity contribution in [2.24, 2.45) is 11.8 Å². The third kappa shape index (κ3) is 16.6. The van der Waals surface area contributed by atoms with E-state index in [1.807, 2.05) is 19.0 Å². The Kier molecular flexibility index (Phi) is 22.7. The second-order valence-electron chi connectivity index (χ2n) is 12.1. The molecular formula is C34H52Cl2SiZr-4. The van der Waals surface area contributed by atoms with Crippen molar-refractivity contribution in [2.45, 2.75) is 92.9 Å². The molecule has 2 aliphatic rings. The van der Waals surface area contributed by atoms with Gasteiger partial charge in [-0.05, 0) is 28.4 Å². The molecule has 0 unspecified atom stereocenters. The third-order valence-electron chi connectivity index (χ3n) is 5.05. The molecule has 0 saturated heterocycles. The Bertz CT molecular complexity index is 894. The molecule has 0 aliphatic heterocycles. The van der Waals surface area contributed by atoms with E-state index in [4.69, 9.17) is 0 Å². The van der Waals surface area contributed by atoms with Crippen molar-refractivity contribution < 1.29 is 23.3 Å². The summed E-state index contributed by atoms with van der Waals surface area (Å²) in [6.07, 6.45) is 11.0. The molecule has 0 atom stereocenters. The van der Waals surface area contributed by atoms with Gasteiger partial charge in [0.15, 0.2) is 0 Å². The molecule has 0 nitrogen and oxygen atoms in total. The number of halogens is 2. The fraction of sp³-hybridized carbons (Fsp3) is 0.471. The Morgan fingerprint density at radius 3 is 1.68 bits per heavy atom. The summed E-state index contributed by atoms with van der Waals surface area (Å²) in [5.74, 6) is 1.17. The maximum atomic E-state index is 3.67. The van der Waals surface area contributed by atoms with Crippen LogP contribution in [0.1, 0.15) is 97.9 Å². The van der Waals surface area contributed by atoms with E-state index in [0.29, 0.717) is 11.8 Å². The predicted octanol–water partition coefficient (Wildman–Crippen LogP) is 9.84. The molecule has 2 aromatic carbocycles. The monoisotopic (exact) mass is 648 g/mol. The van der Waals surface area contributed by atoms with Crippen LogP contribution in [0, 0.1) is 37.8 Å². The van der Waals surface area contributed by atoms with Gasteiger partial charge in [0.2, 0.25) is 0 Å². The molecule has 0 aromatic heterocycles. The second kappa shape index (κ2) is 20.5. The predicted molar refractivity (Wildman–Crippen MR) is 176 cm³/mol. The van der Waals surface area contributed by atoms with Crippen LogP contribution in [0.25, 0.3) is 11.1 Å². The first kappa shape index (κ1) is 42.1. The first-order valence-electron chi connectivity index (χ1n) is 13.1. The van der Waals surface area contributed by atoms with Gasteiger partial charge in [0.1, 0.15) is 0 Å². The van der Waals surface area contributed by atoms with Gasteiger partial charge >= 0.3 is 30.2 Å². The summed E-state index contributed by atoms with van der Waals surface area (Å²) < 4.78 is 0. The summed E-state index contributed by atoms with van der Waals surface area (Å²) in [5.41, 5.74) is 8.70. The van der Waals surface area contributed by atoms with Crippen LogP contribution in [0.2, 0.25) is 0 Å². The first-order chi connectivity index (χ1) is 16.6. The minimum atomic E-state index is 0. The quantitative estimate of drug-likeness (QED) is 0.168. The van der Waals surface area contributed by atoms with E-state index in [-0.39, 0.29) is 35.6 Å². The number of rotatable bonds is 0. The van der Waals surface area contributed by atoms with Gasteiger partial charge in [0.25, 0.3) is 0 Å². The van der Waals surface area contributed by atoms with Crippen molar-refractivity contribution in [3.05, 3.63) is 96.8 Å². The molecule has 2 aliphatic carbocycles. The van der Waals surface area contributed by atoms with Gasteiger partial charge < -0.3 is 13.8 Å². The number of fused-ring (bicyclic) bond motifs is 3. The molecule has 0 radical (unpaired) electrons. The number of allylic oxidation sites excluding steroid dienone is 4. The van der Waals surface area contributed by atoms with Gasteiger partial charge in [0, 0.05) is 0 Å². The molecule has 4 rings (SSSR count). The molecule has 0 amide bonds. The van der Waals surface area contributed by atoms with Gasteiger partial charge in [-0.1, -0.05) is 93.0 Å². The summed E-state index contributed by atoms with van der Waals surface area (Å²) in [7, 11) is 0. The first-order valence-corrected chi connectivity index (χ1v) is 19.0. The van der Waals surface area contributed by atoms with E-state index in [1.165, 1.54) is 33.4 Å². The second-order valence-corrected chi connectivity index (χ2v) is 12.1. The Morgan fingerprint density at radius 1 is 0.816 bits per heavy atom. The van der Waals surface area contributed by atoms with Gasteiger partial charge in [-0.15, -0.1) is 42.4 Å². The Balaban J connectivity index is -0.000000598.